The first-order chi connectivity index (χ1) is 9.01. The second-order valence-corrected chi connectivity index (χ2v) is 6.68. The smallest absolute Gasteiger partial charge is 0.0624 e. The average molecular weight is 434 g/mol. The first kappa shape index (κ1) is 15.0. The summed E-state index contributed by atoms with van der Waals surface area (Å²) >= 11 is 5.89. The van der Waals surface area contributed by atoms with Crippen molar-refractivity contribution in [2.75, 3.05) is 0 Å². The Kier molecular flexibility index (Phi) is 5.03. The summed E-state index contributed by atoms with van der Waals surface area (Å²) in [6.45, 7) is 2.11. The van der Waals surface area contributed by atoms with Crippen LogP contribution in [0, 0.1) is 3.57 Å². The lowest BCUT2D eigenvalue weighted by molar-refractivity contribution is 0.636. The van der Waals surface area contributed by atoms with Gasteiger partial charge in [0, 0.05) is 33.2 Å². The van der Waals surface area contributed by atoms with Gasteiger partial charge in [0.05, 0.1) is 5.69 Å². The van der Waals surface area contributed by atoms with Crippen molar-refractivity contribution in [1.82, 2.24) is 9.78 Å². The summed E-state index contributed by atoms with van der Waals surface area (Å²) in [7, 11) is 1.98. The van der Waals surface area contributed by atoms with Crippen LogP contribution in [0.25, 0.3) is 0 Å². The fourth-order valence-electron chi connectivity index (χ4n) is 2.07. The Morgan fingerprint density at radius 1 is 1.42 bits per heavy atom. The maximum Gasteiger partial charge on any atom is 0.0624 e. The molecule has 0 saturated carbocycles. The summed E-state index contributed by atoms with van der Waals surface area (Å²) in [4.78, 5) is 0. The van der Waals surface area contributed by atoms with Crippen LogP contribution < -0.4 is 5.73 Å². The molecule has 1 unspecified atom stereocenters. The number of halogens is 2. The predicted molar refractivity (Wildman–Crippen MR) is 90.1 cm³/mol. The zero-order valence-corrected chi connectivity index (χ0v) is 14.8. The molecule has 3 nitrogen and oxygen atoms in total. The van der Waals surface area contributed by atoms with E-state index < -0.39 is 0 Å². The van der Waals surface area contributed by atoms with Gasteiger partial charge in [-0.2, -0.15) is 5.10 Å². The standard InChI is InChI=1S/C14H17BrIN3/c1-3-10-7-11(19(2)18-10)8-14(17)12-6-9(16)4-5-13(12)15/h4-7,14H,3,8,17H2,1-2H3. The highest BCUT2D eigenvalue weighted by atomic mass is 127. The molecule has 0 amide bonds. The van der Waals surface area contributed by atoms with E-state index in [9.17, 15) is 0 Å². The molecule has 0 radical (unpaired) electrons. The number of aromatic nitrogens is 2. The van der Waals surface area contributed by atoms with Gasteiger partial charge in [0.1, 0.15) is 0 Å². The first-order valence-corrected chi connectivity index (χ1v) is 8.10. The average Bonchev–Trinajstić information content (AvgIpc) is 2.73. The molecule has 2 N–H and O–H groups in total. The van der Waals surface area contributed by atoms with Crippen LogP contribution in [0.5, 0.6) is 0 Å². The van der Waals surface area contributed by atoms with Gasteiger partial charge in [0.2, 0.25) is 0 Å². The molecular weight excluding hydrogens is 417 g/mol. The van der Waals surface area contributed by atoms with Crippen LogP contribution in [0.3, 0.4) is 0 Å². The molecule has 0 aliphatic carbocycles. The van der Waals surface area contributed by atoms with Crippen molar-refractivity contribution in [1.29, 1.82) is 0 Å². The summed E-state index contributed by atoms with van der Waals surface area (Å²) in [5.41, 5.74) is 9.78. The monoisotopic (exact) mass is 433 g/mol. The lowest BCUT2D eigenvalue weighted by Crippen LogP contribution is -2.16. The minimum absolute atomic E-state index is 0.0239. The number of aryl methyl sites for hydroxylation is 2. The molecule has 19 heavy (non-hydrogen) atoms. The van der Waals surface area contributed by atoms with Crippen LogP contribution in [0.4, 0.5) is 0 Å². The number of benzene rings is 1. The quantitative estimate of drug-likeness (QED) is 0.748. The minimum Gasteiger partial charge on any atom is -0.324 e. The number of nitrogens with zero attached hydrogens (tertiary/aromatic N) is 2. The highest BCUT2D eigenvalue weighted by Crippen LogP contribution is 2.26. The van der Waals surface area contributed by atoms with Gasteiger partial charge in [-0.1, -0.05) is 22.9 Å². The topological polar surface area (TPSA) is 43.8 Å². The number of nitrogens with two attached hydrogens (primary N) is 1. The van der Waals surface area contributed by atoms with E-state index >= 15 is 0 Å². The molecule has 102 valence electrons. The fraction of sp³-hybridized carbons (Fsp3) is 0.357. The van der Waals surface area contributed by atoms with Crippen LogP contribution in [-0.2, 0) is 19.9 Å². The predicted octanol–water partition coefficient (Wildman–Crippen LogP) is 3.59. The van der Waals surface area contributed by atoms with E-state index in [1.54, 1.807) is 0 Å². The fourth-order valence-corrected chi connectivity index (χ4v) is 3.13. The van der Waals surface area contributed by atoms with Gasteiger partial charge in [-0.3, -0.25) is 4.68 Å². The van der Waals surface area contributed by atoms with Gasteiger partial charge in [-0.15, -0.1) is 0 Å². The summed E-state index contributed by atoms with van der Waals surface area (Å²) in [5.74, 6) is 0. The third kappa shape index (κ3) is 3.58. The molecular formula is C14H17BrIN3. The Hall–Kier alpha value is -0.400. The molecule has 1 atom stereocenters. The molecule has 0 saturated heterocycles. The van der Waals surface area contributed by atoms with Gasteiger partial charge in [-0.05, 0) is 58.8 Å². The summed E-state index contributed by atoms with van der Waals surface area (Å²) in [6.07, 6.45) is 1.75. The number of hydrogen-bond donors (Lipinski definition) is 1. The molecule has 0 fully saturated rings. The third-order valence-corrected chi connectivity index (χ3v) is 4.57. The Balaban J connectivity index is 2.22. The number of hydrogen-bond acceptors (Lipinski definition) is 2. The summed E-state index contributed by atoms with van der Waals surface area (Å²) in [6, 6.07) is 8.37. The van der Waals surface area contributed by atoms with E-state index in [1.807, 2.05) is 11.7 Å². The zero-order chi connectivity index (χ0) is 14.0. The Labute approximate surface area is 135 Å². The van der Waals surface area contributed by atoms with Crippen molar-refractivity contribution >= 4 is 38.5 Å². The molecule has 1 aromatic carbocycles. The van der Waals surface area contributed by atoms with E-state index in [4.69, 9.17) is 5.73 Å². The highest BCUT2D eigenvalue weighted by molar-refractivity contribution is 14.1. The summed E-state index contributed by atoms with van der Waals surface area (Å²) in [5, 5.41) is 4.46. The summed E-state index contributed by atoms with van der Waals surface area (Å²) < 4.78 is 4.20. The van der Waals surface area contributed by atoms with Gasteiger partial charge >= 0.3 is 0 Å². The van der Waals surface area contributed by atoms with E-state index in [0.29, 0.717) is 0 Å². The third-order valence-electron chi connectivity index (χ3n) is 3.18. The SMILES string of the molecule is CCc1cc(CC(N)c2cc(I)ccc2Br)n(C)n1. The van der Waals surface area contributed by atoms with E-state index in [-0.39, 0.29) is 6.04 Å². The van der Waals surface area contributed by atoms with Crippen molar-refractivity contribution in [3.8, 4) is 0 Å². The molecule has 2 aromatic rings. The van der Waals surface area contributed by atoms with Gasteiger partial charge in [-0.25, -0.2) is 0 Å². The first-order valence-electron chi connectivity index (χ1n) is 6.23. The zero-order valence-electron chi connectivity index (χ0n) is 11.0. The molecule has 0 spiro atoms. The minimum atomic E-state index is -0.0239. The van der Waals surface area contributed by atoms with Crippen molar-refractivity contribution in [2.24, 2.45) is 12.8 Å². The van der Waals surface area contributed by atoms with Crippen molar-refractivity contribution in [3.05, 3.63) is 49.3 Å². The Bertz CT molecular complexity index is 580. The van der Waals surface area contributed by atoms with Gasteiger partial charge in [0.15, 0.2) is 0 Å². The largest absolute Gasteiger partial charge is 0.324 e. The number of rotatable bonds is 4. The maximum absolute atomic E-state index is 6.34. The van der Waals surface area contributed by atoms with E-state index in [0.717, 1.165) is 28.6 Å². The second-order valence-electron chi connectivity index (χ2n) is 4.58. The Morgan fingerprint density at radius 2 is 2.16 bits per heavy atom. The molecule has 5 heteroatoms. The Morgan fingerprint density at radius 3 is 2.79 bits per heavy atom. The maximum atomic E-state index is 6.34. The lowest BCUT2D eigenvalue weighted by atomic mass is 10.0. The molecule has 0 bridgehead atoms. The van der Waals surface area contributed by atoms with Gasteiger partial charge in [0.25, 0.3) is 0 Å². The van der Waals surface area contributed by atoms with Crippen LogP contribution in [-0.4, -0.2) is 9.78 Å². The molecule has 2 rings (SSSR count). The van der Waals surface area contributed by atoms with Crippen LogP contribution in [0.2, 0.25) is 0 Å². The molecule has 0 aliphatic rings. The second kappa shape index (κ2) is 6.37. The van der Waals surface area contributed by atoms with E-state index in [2.05, 4.69) is 74.8 Å². The van der Waals surface area contributed by atoms with Crippen molar-refractivity contribution < 1.29 is 0 Å². The molecule has 1 aromatic heterocycles. The van der Waals surface area contributed by atoms with E-state index in [1.165, 1.54) is 9.26 Å². The van der Waals surface area contributed by atoms with Crippen LogP contribution >= 0.6 is 38.5 Å². The molecule has 1 heterocycles. The lowest BCUT2D eigenvalue weighted by Gasteiger charge is -2.14. The van der Waals surface area contributed by atoms with Crippen molar-refractivity contribution in [3.63, 3.8) is 0 Å². The van der Waals surface area contributed by atoms with Crippen LogP contribution in [0.15, 0.2) is 28.7 Å². The van der Waals surface area contributed by atoms with Crippen molar-refractivity contribution in [2.45, 2.75) is 25.8 Å². The van der Waals surface area contributed by atoms with Crippen LogP contribution in [0.1, 0.15) is 29.9 Å². The van der Waals surface area contributed by atoms with Gasteiger partial charge < -0.3 is 5.73 Å². The normalized spacial score (nSPS) is 12.7. The highest BCUT2D eigenvalue weighted by Gasteiger charge is 2.14. The molecule has 0 aliphatic heterocycles.